The Hall–Kier alpha value is -3.49. The zero-order chi connectivity index (χ0) is 29.4. The number of carbonyl (C=O) groups excluding carboxylic acids is 3. The fourth-order valence-corrected chi connectivity index (χ4v) is 5.67. The summed E-state index contributed by atoms with van der Waals surface area (Å²) in [5, 5.41) is 0. The zero-order valence-electron chi connectivity index (χ0n) is 23.6. The fourth-order valence-electron chi connectivity index (χ4n) is 5.17. The van der Waals surface area contributed by atoms with Gasteiger partial charge in [-0.2, -0.15) is 0 Å². The second-order valence-electron chi connectivity index (χ2n) is 10.6. The van der Waals surface area contributed by atoms with Crippen LogP contribution in [0.4, 0.5) is 5.69 Å². The van der Waals surface area contributed by atoms with Crippen molar-refractivity contribution < 1.29 is 23.9 Å². The number of benzene rings is 3. The predicted molar refractivity (Wildman–Crippen MR) is 163 cm³/mol. The molecule has 0 bridgehead atoms. The Morgan fingerprint density at radius 1 is 0.902 bits per heavy atom. The Balaban J connectivity index is 1.29. The number of esters is 2. The van der Waals surface area contributed by atoms with Crippen LogP contribution in [0.3, 0.4) is 0 Å². The molecule has 216 valence electrons. The van der Waals surface area contributed by atoms with Gasteiger partial charge in [0.05, 0.1) is 17.2 Å². The van der Waals surface area contributed by atoms with E-state index >= 15 is 0 Å². The molecule has 0 radical (unpaired) electrons. The van der Waals surface area contributed by atoms with Crippen molar-refractivity contribution in [1.29, 1.82) is 0 Å². The molecule has 4 rings (SSSR count). The van der Waals surface area contributed by atoms with Gasteiger partial charge in [0.25, 0.3) is 0 Å². The number of hydrogen-bond acceptors (Lipinski definition) is 7. The highest BCUT2D eigenvalue weighted by atomic mass is 79.9. The van der Waals surface area contributed by atoms with Crippen molar-refractivity contribution in [3.8, 4) is 0 Å². The number of hydrogen-bond donors (Lipinski definition) is 1. The first-order valence-electron chi connectivity index (χ1n) is 14.1. The van der Waals surface area contributed by atoms with Crippen molar-refractivity contribution in [3.63, 3.8) is 0 Å². The Morgan fingerprint density at radius 3 is 2.32 bits per heavy atom. The minimum absolute atomic E-state index is 0.0784. The molecular formula is C33H37BrN2O5. The Bertz CT molecular complexity index is 1370. The van der Waals surface area contributed by atoms with E-state index in [0.29, 0.717) is 45.0 Å². The fraction of sp³-hybridized carbons (Fsp3) is 0.364. The van der Waals surface area contributed by atoms with E-state index in [-0.39, 0.29) is 19.0 Å². The van der Waals surface area contributed by atoms with Crippen LogP contribution in [-0.4, -0.2) is 48.9 Å². The van der Waals surface area contributed by atoms with E-state index < -0.39 is 17.9 Å². The lowest BCUT2D eigenvalue weighted by Gasteiger charge is -2.31. The van der Waals surface area contributed by atoms with Gasteiger partial charge in [-0.25, -0.2) is 4.79 Å². The number of nitrogens with zero attached hydrogens (tertiary/aromatic N) is 1. The van der Waals surface area contributed by atoms with Crippen LogP contribution >= 0.6 is 15.9 Å². The number of halogens is 1. The first-order chi connectivity index (χ1) is 19.7. The summed E-state index contributed by atoms with van der Waals surface area (Å²) < 4.78 is 11.4. The molecule has 8 heteroatoms. The quantitative estimate of drug-likeness (QED) is 0.113. The van der Waals surface area contributed by atoms with E-state index in [1.165, 1.54) is 32.1 Å². The molecule has 0 spiro atoms. The van der Waals surface area contributed by atoms with E-state index in [9.17, 15) is 14.4 Å². The molecule has 3 aromatic rings. The molecule has 0 saturated heterocycles. The Morgan fingerprint density at radius 2 is 1.59 bits per heavy atom. The van der Waals surface area contributed by atoms with Crippen molar-refractivity contribution >= 4 is 39.3 Å². The highest BCUT2D eigenvalue weighted by molar-refractivity contribution is 9.10. The van der Waals surface area contributed by atoms with E-state index in [0.717, 1.165) is 5.56 Å². The van der Waals surface area contributed by atoms with Gasteiger partial charge in [0.15, 0.2) is 5.78 Å². The molecule has 1 aliphatic rings. The van der Waals surface area contributed by atoms with Crippen molar-refractivity contribution in [2.75, 3.05) is 26.0 Å². The summed E-state index contributed by atoms with van der Waals surface area (Å²) in [5.74, 6) is -1.68. The summed E-state index contributed by atoms with van der Waals surface area (Å²) in [6, 6.07) is 19.9. The average molecular weight is 622 g/mol. The Kier molecular flexibility index (Phi) is 10.7. The number of nitrogens with two attached hydrogens (primary N) is 1. The van der Waals surface area contributed by atoms with Gasteiger partial charge in [0.2, 0.25) is 0 Å². The minimum Gasteiger partial charge on any atom is -0.462 e. The van der Waals surface area contributed by atoms with E-state index in [1.807, 2.05) is 18.2 Å². The van der Waals surface area contributed by atoms with Gasteiger partial charge in [-0.1, -0.05) is 67.8 Å². The SMILES string of the molecule is CC(C(=O)OCCOC(=O)c1cc(Br)c(N)c(CN(C)C2CCCCC2)c1)c1cccc(C(=O)c2ccccc2)c1. The van der Waals surface area contributed by atoms with Crippen molar-refractivity contribution in [2.45, 2.75) is 57.5 Å². The molecule has 0 aromatic heterocycles. The number of rotatable bonds is 11. The summed E-state index contributed by atoms with van der Waals surface area (Å²) in [5.41, 5.74) is 9.94. The molecular weight excluding hydrogens is 584 g/mol. The first kappa shape index (κ1) is 30.5. The number of ether oxygens (including phenoxy) is 2. The molecule has 1 aliphatic carbocycles. The van der Waals surface area contributed by atoms with Crippen LogP contribution in [0.25, 0.3) is 0 Å². The van der Waals surface area contributed by atoms with Crippen LogP contribution in [0.2, 0.25) is 0 Å². The van der Waals surface area contributed by atoms with E-state index in [4.69, 9.17) is 15.2 Å². The lowest BCUT2D eigenvalue weighted by molar-refractivity contribution is -0.146. The number of nitrogen functional groups attached to an aromatic ring is 1. The predicted octanol–water partition coefficient (Wildman–Crippen LogP) is 6.53. The topological polar surface area (TPSA) is 98.9 Å². The summed E-state index contributed by atoms with van der Waals surface area (Å²) in [7, 11) is 2.10. The first-order valence-corrected chi connectivity index (χ1v) is 14.9. The summed E-state index contributed by atoms with van der Waals surface area (Å²) >= 11 is 3.48. The maximum Gasteiger partial charge on any atom is 0.338 e. The van der Waals surface area contributed by atoms with Gasteiger partial charge in [0.1, 0.15) is 13.2 Å². The normalized spacial score (nSPS) is 14.4. The van der Waals surface area contributed by atoms with Gasteiger partial charge in [-0.15, -0.1) is 0 Å². The third-order valence-corrected chi connectivity index (χ3v) is 8.32. The molecule has 41 heavy (non-hydrogen) atoms. The van der Waals surface area contributed by atoms with Crippen LogP contribution in [0.15, 0.2) is 71.2 Å². The number of ketones is 1. The molecule has 7 nitrogen and oxygen atoms in total. The largest absolute Gasteiger partial charge is 0.462 e. The summed E-state index contributed by atoms with van der Waals surface area (Å²) in [4.78, 5) is 40.6. The van der Waals surface area contributed by atoms with Crippen LogP contribution in [-0.2, 0) is 20.8 Å². The maximum absolute atomic E-state index is 12.8. The number of anilines is 1. The molecule has 1 fully saturated rings. The molecule has 3 aromatic carbocycles. The van der Waals surface area contributed by atoms with Crippen LogP contribution < -0.4 is 5.73 Å². The lowest BCUT2D eigenvalue weighted by atomic mass is 9.94. The van der Waals surface area contributed by atoms with Crippen LogP contribution in [0.1, 0.15) is 82.4 Å². The van der Waals surface area contributed by atoms with E-state index in [1.54, 1.807) is 55.5 Å². The molecule has 0 amide bonds. The van der Waals surface area contributed by atoms with Gasteiger partial charge in [-0.3, -0.25) is 14.5 Å². The second kappa shape index (κ2) is 14.4. The maximum atomic E-state index is 12.8. The van der Waals surface area contributed by atoms with Crippen molar-refractivity contribution in [1.82, 2.24) is 4.90 Å². The number of carbonyl (C=O) groups is 3. The standard InChI is InChI=1S/C33H37BrN2O5/c1-22(24-12-9-13-25(18-24)31(37)23-10-5-3-6-11-23)32(38)40-16-17-41-33(39)26-19-27(30(35)29(34)20-26)21-36(2)28-14-7-4-8-15-28/h3,5-6,9-13,18-20,22,28H,4,7-8,14-17,21,35H2,1-2H3. The molecule has 1 unspecified atom stereocenters. The molecule has 0 heterocycles. The van der Waals surface area contributed by atoms with Crippen LogP contribution in [0, 0.1) is 0 Å². The van der Waals surface area contributed by atoms with E-state index in [2.05, 4.69) is 27.9 Å². The highest BCUT2D eigenvalue weighted by Crippen LogP contribution is 2.29. The van der Waals surface area contributed by atoms with Crippen LogP contribution in [0.5, 0.6) is 0 Å². The minimum atomic E-state index is -0.592. The summed E-state index contributed by atoms with van der Waals surface area (Å²) in [6.07, 6.45) is 6.12. The average Bonchev–Trinajstić information content (AvgIpc) is 3.01. The van der Waals surface area contributed by atoms with Gasteiger partial charge < -0.3 is 15.2 Å². The van der Waals surface area contributed by atoms with Gasteiger partial charge in [-0.05, 0) is 72.1 Å². The molecule has 1 saturated carbocycles. The summed E-state index contributed by atoms with van der Waals surface area (Å²) in [6.45, 7) is 2.20. The van der Waals surface area contributed by atoms with Crippen molar-refractivity contribution in [3.05, 3.63) is 99.0 Å². The molecule has 2 N–H and O–H groups in total. The smallest absolute Gasteiger partial charge is 0.338 e. The third kappa shape index (κ3) is 8.05. The second-order valence-corrected chi connectivity index (χ2v) is 11.4. The molecule has 0 aliphatic heterocycles. The highest BCUT2D eigenvalue weighted by Gasteiger charge is 2.22. The van der Waals surface area contributed by atoms with Gasteiger partial charge >= 0.3 is 11.9 Å². The van der Waals surface area contributed by atoms with Gasteiger partial charge in [0, 0.05) is 28.2 Å². The zero-order valence-corrected chi connectivity index (χ0v) is 25.2. The Labute approximate surface area is 250 Å². The van der Waals surface area contributed by atoms with Crippen molar-refractivity contribution in [2.24, 2.45) is 0 Å². The monoisotopic (exact) mass is 620 g/mol. The third-order valence-electron chi connectivity index (χ3n) is 7.67. The lowest BCUT2D eigenvalue weighted by Crippen LogP contribution is -2.33. The molecule has 1 atom stereocenters.